The van der Waals surface area contributed by atoms with E-state index in [1.807, 2.05) is 17.9 Å². The van der Waals surface area contributed by atoms with Crippen LogP contribution < -0.4 is 0 Å². The molecule has 0 saturated carbocycles. The Morgan fingerprint density at radius 1 is 1.19 bits per heavy atom. The number of amides is 1. The number of likely N-dealkylation sites (tertiary alicyclic amines) is 2. The maximum absolute atomic E-state index is 13.9. The van der Waals surface area contributed by atoms with E-state index in [0.717, 1.165) is 65.2 Å². The van der Waals surface area contributed by atoms with Crippen LogP contribution in [0.15, 0.2) is 29.2 Å². The zero-order chi connectivity index (χ0) is 21.3. The molecule has 0 spiro atoms. The highest BCUT2D eigenvalue weighted by Gasteiger charge is 2.54. The van der Waals surface area contributed by atoms with Crippen molar-refractivity contribution in [3.05, 3.63) is 40.3 Å². The van der Waals surface area contributed by atoms with Crippen LogP contribution in [0.5, 0.6) is 0 Å². The van der Waals surface area contributed by atoms with Gasteiger partial charge < -0.3 is 9.64 Å². The van der Waals surface area contributed by atoms with Gasteiger partial charge in [-0.25, -0.2) is 0 Å². The minimum absolute atomic E-state index is 0.275. The van der Waals surface area contributed by atoms with Crippen molar-refractivity contribution in [2.24, 2.45) is 18.4 Å². The molecule has 0 radical (unpaired) electrons. The van der Waals surface area contributed by atoms with Gasteiger partial charge in [0.05, 0.1) is 24.8 Å². The molecule has 7 nitrogen and oxygen atoms in total. The van der Waals surface area contributed by atoms with Gasteiger partial charge in [-0.15, -0.1) is 0 Å². The van der Waals surface area contributed by atoms with Gasteiger partial charge in [-0.3, -0.25) is 19.3 Å². The molecule has 1 amide bonds. The minimum Gasteiger partial charge on any atom is -0.378 e. The first-order valence-electron chi connectivity index (χ1n) is 11.4. The first-order chi connectivity index (χ1) is 15.1. The number of carbonyl (C=O) groups excluding carboxylic acids is 1. The second-order valence-electron chi connectivity index (χ2n) is 9.42. The summed E-state index contributed by atoms with van der Waals surface area (Å²) in [4.78, 5) is 21.1. The third-order valence-electron chi connectivity index (χ3n) is 7.22. The van der Waals surface area contributed by atoms with Gasteiger partial charge >= 0.3 is 0 Å². The van der Waals surface area contributed by atoms with Gasteiger partial charge in [0.25, 0.3) is 0 Å². The quantitative estimate of drug-likeness (QED) is 0.708. The highest BCUT2D eigenvalue weighted by Crippen LogP contribution is 2.45. The van der Waals surface area contributed by atoms with Crippen molar-refractivity contribution in [2.45, 2.75) is 25.9 Å². The fourth-order valence-electron chi connectivity index (χ4n) is 5.76. The number of aryl methyl sites for hydroxylation is 1. The number of carbonyl (C=O) groups is 1. The molecule has 0 aromatic carbocycles. The maximum Gasteiger partial charge on any atom is 0.230 e. The predicted molar refractivity (Wildman–Crippen MR) is 121 cm³/mol. The SMILES string of the molecule is Cn1cc(CN2C[C@@H]3CN(Cc4ccsc4)CCC[C@]3(C(=O)N3CCOCC3)C2)cn1. The summed E-state index contributed by atoms with van der Waals surface area (Å²) < 4.78 is 7.39. The number of morpholine rings is 1. The van der Waals surface area contributed by atoms with Crippen LogP contribution in [-0.2, 0) is 29.7 Å². The Bertz CT molecular complexity index is 878. The highest BCUT2D eigenvalue weighted by molar-refractivity contribution is 7.07. The Morgan fingerprint density at radius 3 is 2.74 bits per heavy atom. The third kappa shape index (κ3) is 4.44. The van der Waals surface area contributed by atoms with Gasteiger partial charge in [0, 0.05) is 64.6 Å². The summed E-state index contributed by atoms with van der Waals surface area (Å²) in [6, 6.07) is 2.23. The average molecular weight is 444 g/mol. The van der Waals surface area contributed by atoms with Crippen LogP contribution in [0.3, 0.4) is 0 Å². The summed E-state index contributed by atoms with van der Waals surface area (Å²) in [5.74, 6) is 0.729. The molecule has 0 aliphatic carbocycles. The van der Waals surface area contributed by atoms with Gasteiger partial charge in [0.15, 0.2) is 0 Å². The van der Waals surface area contributed by atoms with Crippen molar-refractivity contribution in [3.63, 3.8) is 0 Å². The van der Waals surface area contributed by atoms with Crippen molar-refractivity contribution in [1.82, 2.24) is 24.5 Å². The number of thiophene rings is 1. The van der Waals surface area contributed by atoms with Gasteiger partial charge in [-0.1, -0.05) is 0 Å². The standard InChI is InChI=1S/C23H33N5O2S/c1-25-12-20(11-24-25)14-27-16-21-15-26(13-19-3-10-31-17-19)5-2-4-23(21,18-27)22(29)28-6-8-30-9-7-28/h3,10-12,17,21H,2,4-9,13-16,18H2,1H3/t21-,23-/m0/s1. The molecule has 0 N–H and O–H groups in total. The zero-order valence-electron chi connectivity index (χ0n) is 18.4. The van der Waals surface area contributed by atoms with Gasteiger partial charge in [0.1, 0.15) is 0 Å². The molecular formula is C23H33N5O2S. The van der Waals surface area contributed by atoms with Crippen LogP contribution in [-0.4, -0.2) is 82.9 Å². The Labute approximate surface area is 188 Å². The number of hydrogen-bond acceptors (Lipinski definition) is 6. The highest BCUT2D eigenvalue weighted by atomic mass is 32.1. The van der Waals surface area contributed by atoms with E-state index in [9.17, 15) is 4.79 Å². The van der Waals surface area contributed by atoms with E-state index >= 15 is 0 Å². The predicted octanol–water partition coefficient (Wildman–Crippen LogP) is 2.05. The normalized spacial score (nSPS) is 27.9. The zero-order valence-corrected chi connectivity index (χ0v) is 19.2. The van der Waals surface area contributed by atoms with E-state index in [-0.39, 0.29) is 5.41 Å². The van der Waals surface area contributed by atoms with Gasteiger partial charge in [-0.2, -0.15) is 16.4 Å². The summed E-state index contributed by atoms with van der Waals surface area (Å²) in [7, 11) is 1.96. The van der Waals surface area contributed by atoms with Crippen LogP contribution in [0, 0.1) is 11.3 Å². The van der Waals surface area contributed by atoms with E-state index in [1.54, 1.807) is 11.3 Å². The lowest BCUT2D eigenvalue weighted by Gasteiger charge is -2.39. The van der Waals surface area contributed by atoms with Crippen molar-refractivity contribution < 1.29 is 9.53 Å². The molecule has 8 heteroatoms. The van der Waals surface area contributed by atoms with Crippen LogP contribution in [0.1, 0.15) is 24.0 Å². The molecule has 2 atom stereocenters. The molecule has 0 unspecified atom stereocenters. The smallest absolute Gasteiger partial charge is 0.230 e. The van der Waals surface area contributed by atoms with Crippen LogP contribution in [0.2, 0.25) is 0 Å². The number of ether oxygens (including phenoxy) is 1. The monoisotopic (exact) mass is 443 g/mol. The minimum atomic E-state index is -0.275. The fourth-order valence-corrected chi connectivity index (χ4v) is 6.42. The summed E-state index contributed by atoms with van der Waals surface area (Å²) in [5.41, 5.74) is 2.34. The number of aromatic nitrogens is 2. The summed E-state index contributed by atoms with van der Waals surface area (Å²) in [6.45, 7) is 8.55. The van der Waals surface area contributed by atoms with Crippen molar-refractivity contribution in [1.29, 1.82) is 0 Å². The van der Waals surface area contributed by atoms with Gasteiger partial charge in [0.2, 0.25) is 5.91 Å². The van der Waals surface area contributed by atoms with Crippen molar-refractivity contribution >= 4 is 17.2 Å². The number of rotatable bonds is 5. The summed E-state index contributed by atoms with van der Waals surface area (Å²) in [6.07, 6.45) is 6.11. The van der Waals surface area contributed by atoms with Crippen LogP contribution in [0.4, 0.5) is 0 Å². The van der Waals surface area contributed by atoms with Crippen molar-refractivity contribution in [2.75, 3.05) is 52.5 Å². The second-order valence-corrected chi connectivity index (χ2v) is 10.2. The molecule has 3 fully saturated rings. The Kier molecular flexibility index (Phi) is 6.14. The Hall–Kier alpha value is -1.74. The third-order valence-corrected chi connectivity index (χ3v) is 7.95. The molecule has 3 aliphatic rings. The average Bonchev–Trinajstić information content (AvgIpc) is 3.48. The van der Waals surface area contributed by atoms with Crippen molar-refractivity contribution in [3.8, 4) is 0 Å². The maximum atomic E-state index is 13.9. The van der Waals surface area contributed by atoms with Crippen LogP contribution in [0.25, 0.3) is 0 Å². The second kappa shape index (κ2) is 9.02. The molecule has 2 aromatic rings. The lowest BCUT2D eigenvalue weighted by Crippen LogP contribution is -2.52. The van der Waals surface area contributed by atoms with Gasteiger partial charge in [-0.05, 0) is 47.7 Å². The summed E-state index contributed by atoms with van der Waals surface area (Å²) >= 11 is 1.76. The fraction of sp³-hybridized carbons (Fsp3) is 0.652. The first kappa shape index (κ1) is 21.1. The van der Waals surface area contributed by atoms with E-state index in [0.29, 0.717) is 25.0 Å². The van der Waals surface area contributed by atoms with Crippen LogP contribution >= 0.6 is 11.3 Å². The topological polar surface area (TPSA) is 53.8 Å². The lowest BCUT2D eigenvalue weighted by molar-refractivity contribution is -0.148. The molecule has 3 saturated heterocycles. The molecule has 5 heterocycles. The van der Waals surface area contributed by atoms with E-state index < -0.39 is 0 Å². The Balaban J connectivity index is 1.37. The van der Waals surface area contributed by atoms with E-state index in [4.69, 9.17) is 4.74 Å². The first-order valence-corrected chi connectivity index (χ1v) is 12.4. The molecule has 168 valence electrons. The molecule has 31 heavy (non-hydrogen) atoms. The molecule has 2 aromatic heterocycles. The molecule has 3 aliphatic heterocycles. The Morgan fingerprint density at radius 2 is 2.00 bits per heavy atom. The molecule has 5 rings (SSSR count). The summed E-state index contributed by atoms with van der Waals surface area (Å²) in [5, 5.41) is 8.75. The largest absolute Gasteiger partial charge is 0.378 e. The molecular weight excluding hydrogens is 410 g/mol. The van der Waals surface area contributed by atoms with E-state index in [2.05, 4.69) is 42.8 Å². The van der Waals surface area contributed by atoms with E-state index in [1.165, 1.54) is 11.1 Å². The number of fused-ring (bicyclic) bond motifs is 1. The molecule has 0 bridgehead atoms. The number of nitrogens with zero attached hydrogens (tertiary/aromatic N) is 5. The lowest BCUT2D eigenvalue weighted by atomic mass is 9.73. The number of hydrogen-bond donors (Lipinski definition) is 0.